The predicted molar refractivity (Wildman–Crippen MR) is 120 cm³/mol. The fourth-order valence-electron chi connectivity index (χ4n) is 2.67. The first-order valence-corrected chi connectivity index (χ1v) is 11.1. The molecule has 0 unspecified atom stereocenters. The van der Waals surface area contributed by atoms with Crippen molar-refractivity contribution in [2.75, 3.05) is 11.9 Å². The molecule has 0 bridgehead atoms. The van der Waals surface area contributed by atoms with Crippen LogP contribution in [0, 0.1) is 0 Å². The third-order valence-electron chi connectivity index (χ3n) is 3.98. The van der Waals surface area contributed by atoms with Gasteiger partial charge in [0, 0.05) is 36.0 Å². The lowest BCUT2D eigenvalue weighted by molar-refractivity contribution is -0.121. The molecule has 0 aliphatic carbocycles. The van der Waals surface area contributed by atoms with Crippen LogP contribution in [-0.2, 0) is 9.59 Å². The molecule has 3 N–H and O–H groups in total. The maximum atomic E-state index is 12.3. The van der Waals surface area contributed by atoms with Gasteiger partial charge in [-0.15, -0.1) is 21.6 Å². The van der Waals surface area contributed by atoms with E-state index < -0.39 is 0 Å². The van der Waals surface area contributed by atoms with E-state index >= 15 is 0 Å². The van der Waals surface area contributed by atoms with Crippen LogP contribution in [0.1, 0.15) is 26.2 Å². The highest BCUT2D eigenvalue weighted by molar-refractivity contribution is 7.13. The van der Waals surface area contributed by atoms with Crippen LogP contribution in [0.4, 0.5) is 16.4 Å². The van der Waals surface area contributed by atoms with Crippen LogP contribution < -0.4 is 15.5 Å². The molecule has 3 aromatic rings. The zero-order valence-electron chi connectivity index (χ0n) is 16.3. The number of hydrogen-bond donors (Lipinski definition) is 3. The molecular formula is C20H21N5O3S2. The summed E-state index contributed by atoms with van der Waals surface area (Å²) in [6.07, 6.45) is 0.987. The summed E-state index contributed by atoms with van der Waals surface area (Å²) < 4.78 is 0. The zero-order chi connectivity index (χ0) is 21.3. The summed E-state index contributed by atoms with van der Waals surface area (Å²) in [7, 11) is 0. The fraction of sp³-hybridized carbons (Fsp3) is 0.250. The van der Waals surface area contributed by atoms with Crippen LogP contribution in [0.15, 0.2) is 56.1 Å². The summed E-state index contributed by atoms with van der Waals surface area (Å²) in [5, 5.41) is 18.4. The Hall–Kier alpha value is -3.11. The molecule has 0 fully saturated rings. The largest absolute Gasteiger partial charge is 0.356 e. The van der Waals surface area contributed by atoms with Gasteiger partial charge in [-0.2, -0.15) is 0 Å². The van der Waals surface area contributed by atoms with Crippen LogP contribution in [-0.4, -0.2) is 23.3 Å². The fourth-order valence-corrected chi connectivity index (χ4v) is 3.80. The van der Waals surface area contributed by atoms with Gasteiger partial charge in [0.1, 0.15) is 5.00 Å². The highest BCUT2D eigenvalue weighted by Gasteiger charge is 2.09. The summed E-state index contributed by atoms with van der Waals surface area (Å²) in [5.41, 5.74) is 2.45. The number of benzene rings is 1. The number of amides is 2. The van der Waals surface area contributed by atoms with Crippen molar-refractivity contribution < 1.29 is 9.59 Å². The van der Waals surface area contributed by atoms with E-state index in [1.165, 1.54) is 11.3 Å². The van der Waals surface area contributed by atoms with Crippen molar-refractivity contribution in [1.29, 1.82) is 0 Å². The van der Waals surface area contributed by atoms with E-state index in [0.717, 1.165) is 16.3 Å². The molecule has 0 aliphatic rings. The van der Waals surface area contributed by atoms with Gasteiger partial charge < -0.3 is 15.6 Å². The Balaban J connectivity index is 1.75. The lowest BCUT2D eigenvalue weighted by Gasteiger charge is -2.08. The Bertz CT molecular complexity index is 1090. The molecule has 0 spiro atoms. The first kappa shape index (κ1) is 21.6. The minimum Gasteiger partial charge on any atom is -0.356 e. The molecule has 156 valence electrons. The van der Waals surface area contributed by atoms with Gasteiger partial charge >= 0.3 is 4.87 Å². The first-order valence-electron chi connectivity index (χ1n) is 9.38. The molecule has 2 aromatic heterocycles. The smallest absolute Gasteiger partial charge is 0.304 e. The van der Waals surface area contributed by atoms with Crippen LogP contribution >= 0.6 is 22.7 Å². The van der Waals surface area contributed by atoms with Crippen molar-refractivity contribution in [3.05, 3.63) is 50.8 Å². The number of anilines is 1. The van der Waals surface area contributed by atoms with Gasteiger partial charge in [-0.1, -0.05) is 11.3 Å². The van der Waals surface area contributed by atoms with E-state index in [0.29, 0.717) is 42.0 Å². The number of carbonyl (C=O) groups is 2. The molecule has 0 radical (unpaired) electrons. The summed E-state index contributed by atoms with van der Waals surface area (Å²) >= 11 is 2.53. The number of rotatable bonds is 9. The monoisotopic (exact) mass is 443 g/mol. The third kappa shape index (κ3) is 6.46. The summed E-state index contributed by atoms with van der Waals surface area (Å²) in [5.74, 6) is -0.263. The van der Waals surface area contributed by atoms with Crippen molar-refractivity contribution in [2.24, 2.45) is 10.2 Å². The Morgan fingerprint density at radius 3 is 2.63 bits per heavy atom. The van der Waals surface area contributed by atoms with E-state index in [9.17, 15) is 14.4 Å². The highest BCUT2D eigenvalue weighted by atomic mass is 32.1. The normalized spacial score (nSPS) is 11.0. The number of thiophene rings is 1. The molecule has 2 amide bonds. The topological polar surface area (TPSA) is 116 Å². The highest BCUT2D eigenvalue weighted by Crippen LogP contribution is 2.30. The maximum Gasteiger partial charge on any atom is 0.304 e. The molecule has 0 saturated heterocycles. The second kappa shape index (κ2) is 10.6. The maximum absolute atomic E-state index is 12.3. The van der Waals surface area contributed by atoms with E-state index in [4.69, 9.17) is 0 Å². The Labute approximate surface area is 181 Å². The van der Waals surface area contributed by atoms with Gasteiger partial charge in [-0.25, -0.2) is 0 Å². The number of H-pyrrole nitrogens is 1. The molecule has 1 aromatic carbocycles. The lowest BCUT2D eigenvalue weighted by Crippen LogP contribution is -2.22. The van der Waals surface area contributed by atoms with Crippen LogP contribution in [0.25, 0.3) is 11.3 Å². The lowest BCUT2D eigenvalue weighted by atomic mass is 10.1. The number of nitrogens with one attached hydrogen (secondary N) is 3. The van der Waals surface area contributed by atoms with Crippen molar-refractivity contribution in [3.63, 3.8) is 0 Å². The second-order valence-corrected chi connectivity index (χ2v) is 8.11. The Kier molecular flexibility index (Phi) is 7.63. The predicted octanol–water partition coefficient (Wildman–Crippen LogP) is 4.83. The number of carbonyl (C=O) groups excluding carboxylic acids is 2. The van der Waals surface area contributed by atoms with Crippen LogP contribution in [0.5, 0.6) is 0 Å². The van der Waals surface area contributed by atoms with Crippen molar-refractivity contribution in [1.82, 2.24) is 10.3 Å². The first-order chi connectivity index (χ1) is 14.5. The molecular weight excluding hydrogens is 422 g/mol. The van der Waals surface area contributed by atoms with Gasteiger partial charge in [-0.05, 0) is 49.1 Å². The van der Waals surface area contributed by atoms with Gasteiger partial charge in [0.05, 0.1) is 11.4 Å². The van der Waals surface area contributed by atoms with E-state index in [1.807, 2.05) is 24.4 Å². The second-order valence-electron chi connectivity index (χ2n) is 6.34. The Morgan fingerprint density at radius 1 is 1.10 bits per heavy atom. The van der Waals surface area contributed by atoms with Crippen LogP contribution in [0.2, 0.25) is 0 Å². The van der Waals surface area contributed by atoms with Crippen molar-refractivity contribution in [2.45, 2.75) is 26.2 Å². The average molecular weight is 444 g/mol. The summed E-state index contributed by atoms with van der Waals surface area (Å²) in [6.45, 7) is 2.43. The summed E-state index contributed by atoms with van der Waals surface area (Å²) in [4.78, 5) is 38.0. The SMILES string of the molecule is CCNC(=O)CCCC(=O)Nc1cc(N=Nc2cccs2)cc(-c2csc(=O)[nH]2)c1. The molecule has 8 nitrogen and oxygen atoms in total. The number of aromatic nitrogens is 1. The van der Waals surface area contributed by atoms with Gasteiger partial charge in [0.2, 0.25) is 11.8 Å². The number of hydrogen-bond acceptors (Lipinski definition) is 7. The molecule has 3 rings (SSSR count). The number of azo groups is 1. The zero-order valence-corrected chi connectivity index (χ0v) is 17.9. The molecule has 0 atom stereocenters. The molecule has 30 heavy (non-hydrogen) atoms. The van der Waals surface area contributed by atoms with Crippen molar-refractivity contribution >= 4 is 50.9 Å². The summed E-state index contributed by atoms with van der Waals surface area (Å²) in [6, 6.07) is 9.01. The van der Waals surface area contributed by atoms with E-state index in [2.05, 4.69) is 25.8 Å². The van der Waals surface area contributed by atoms with E-state index in [-0.39, 0.29) is 23.1 Å². The number of aromatic amines is 1. The molecule has 10 heteroatoms. The van der Waals surface area contributed by atoms with Crippen molar-refractivity contribution in [3.8, 4) is 11.3 Å². The Morgan fingerprint density at radius 2 is 1.93 bits per heavy atom. The molecule has 0 aliphatic heterocycles. The third-order valence-corrected chi connectivity index (χ3v) is 5.41. The van der Waals surface area contributed by atoms with Crippen LogP contribution in [0.3, 0.4) is 0 Å². The molecule has 0 saturated carbocycles. The number of nitrogens with zero attached hydrogens (tertiary/aromatic N) is 2. The van der Waals surface area contributed by atoms with Gasteiger partial charge in [0.15, 0.2) is 0 Å². The molecule has 2 heterocycles. The standard InChI is InChI=1S/C20H21N5O3S2/c1-2-21-17(26)5-3-6-18(27)22-14-9-13(16-12-30-20(28)23-16)10-15(11-14)24-25-19-7-4-8-29-19/h4,7-12H,2-3,5-6H2,1H3,(H,21,26)(H,22,27)(H,23,28). The van der Waals surface area contributed by atoms with Gasteiger partial charge in [-0.3, -0.25) is 14.4 Å². The minimum absolute atomic E-state index is 0.0648. The minimum atomic E-state index is -0.198. The average Bonchev–Trinajstić information content (AvgIpc) is 3.38. The quantitative estimate of drug-likeness (QED) is 0.411. The van der Waals surface area contributed by atoms with E-state index in [1.54, 1.807) is 23.6 Å². The van der Waals surface area contributed by atoms with Gasteiger partial charge in [0.25, 0.3) is 0 Å². The number of thiazole rings is 1.